The fourth-order valence-corrected chi connectivity index (χ4v) is 2.62. The predicted molar refractivity (Wildman–Crippen MR) is 68.7 cm³/mol. The number of carboxylic acid groups (broad SMARTS) is 1. The average Bonchev–Trinajstić information content (AvgIpc) is 2.63. The zero-order valence-electron chi connectivity index (χ0n) is 10.0. The molecule has 19 heavy (non-hydrogen) atoms. The Labute approximate surface area is 110 Å². The number of aliphatic imine (C=N–C) groups is 1. The Kier molecular flexibility index (Phi) is 3.39. The normalized spacial score (nSPS) is 16.7. The number of nitrogens with zero attached hydrogens (tertiary/aromatic N) is 1. The van der Waals surface area contributed by atoms with Crippen LogP contribution in [-0.2, 0) is 14.6 Å². The molecule has 0 unspecified atom stereocenters. The van der Waals surface area contributed by atoms with Crippen molar-refractivity contribution in [3.05, 3.63) is 40.9 Å². The molecule has 0 fully saturated rings. The molecule has 1 aliphatic rings. The number of hydrogen-bond acceptors (Lipinski definition) is 5. The molecule has 100 valence electrons. The summed E-state index contributed by atoms with van der Waals surface area (Å²) in [5.74, 6) is -0.987. The molecule has 0 amide bonds. The number of benzene rings is 1. The first-order valence-corrected chi connectivity index (χ1v) is 6.85. The molecule has 0 aromatic heterocycles. The third kappa shape index (κ3) is 2.50. The molecular weight excluding hydrogens is 270 g/mol. The van der Waals surface area contributed by atoms with E-state index in [4.69, 9.17) is 9.84 Å². The number of aryl methyl sites for hydroxylation is 1. The second-order valence-corrected chi connectivity index (χ2v) is 5.80. The summed E-state index contributed by atoms with van der Waals surface area (Å²) < 4.78 is 28.9. The van der Waals surface area contributed by atoms with Crippen LogP contribution in [0.25, 0.3) is 0 Å². The van der Waals surface area contributed by atoms with Crippen molar-refractivity contribution in [1.82, 2.24) is 0 Å². The minimum Gasteiger partial charge on any atom is -0.486 e. The van der Waals surface area contributed by atoms with Crippen molar-refractivity contribution in [2.24, 2.45) is 4.99 Å². The molecule has 0 radical (unpaired) electrons. The zero-order valence-corrected chi connectivity index (χ0v) is 10.8. The van der Waals surface area contributed by atoms with Gasteiger partial charge in [-0.05, 0) is 18.6 Å². The molecular formula is C12H11NO5S. The van der Waals surface area contributed by atoms with E-state index in [1.54, 1.807) is 12.1 Å². The topological polar surface area (TPSA) is 93.0 Å². The molecule has 1 N–H and O–H groups in total. The number of aliphatic carboxylic acids is 1. The van der Waals surface area contributed by atoms with E-state index in [1.165, 1.54) is 0 Å². The number of sulfone groups is 1. The molecule has 0 bridgehead atoms. The monoisotopic (exact) mass is 281 g/mol. The van der Waals surface area contributed by atoms with Gasteiger partial charge in [-0.2, -0.15) is 0 Å². The second kappa shape index (κ2) is 4.85. The smallest absolute Gasteiger partial charge is 0.349 e. The Hall–Kier alpha value is -2.15. The molecule has 0 spiro atoms. The Morgan fingerprint density at radius 3 is 2.63 bits per heavy atom. The Bertz CT molecular complexity index is 688. The average molecular weight is 281 g/mol. The van der Waals surface area contributed by atoms with Gasteiger partial charge >= 0.3 is 5.97 Å². The molecule has 0 aliphatic carbocycles. The lowest BCUT2D eigenvalue weighted by molar-refractivity contribution is -0.131. The van der Waals surface area contributed by atoms with Gasteiger partial charge in [0.15, 0.2) is 9.95 Å². The van der Waals surface area contributed by atoms with Crippen LogP contribution in [0.1, 0.15) is 5.56 Å². The van der Waals surface area contributed by atoms with Gasteiger partial charge in [-0.1, -0.05) is 18.2 Å². The maximum atomic E-state index is 11.8. The Morgan fingerprint density at radius 1 is 1.37 bits per heavy atom. The molecule has 0 saturated carbocycles. The van der Waals surface area contributed by atoms with Crippen LogP contribution >= 0.6 is 0 Å². The van der Waals surface area contributed by atoms with E-state index in [0.29, 0.717) is 5.75 Å². The van der Waals surface area contributed by atoms with Crippen molar-refractivity contribution in [3.8, 4) is 5.75 Å². The molecule has 7 heteroatoms. The minimum absolute atomic E-state index is 0.291. The molecule has 0 saturated heterocycles. The fourth-order valence-electron chi connectivity index (χ4n) is 1.54. The van der Waals surface area contributed by atoms with E-state index in [9.17, 15) is 13.2 Å². The first kappa shape index (κ1) is 13.3. The van der Waals surface area contributed by atoms with Gasteiger partial charge in [0.25, 0.3) is 0 Å². The van der Waals surface area contributed by atoms with Crippen LogP contribution in [0.4, 0.5) is 0 Å². The van der Waals surface area contributed by atoms with Crippen molar-refractivity contribution in [2.75, 3.05) is 6.61 Å². The molecule has 1 aromatic carbocycles. The third-order valence-electron chi connectivity index (χ3n) is 2.58. The number of rotatable bonds is 4. The van der Waals surface area contributed by atoms with E-state index in [2.05, 4.69) is 4.99 Å². The summed E-state index contributed by atoms with van der Waals surface area (Å²) in [7, 11) is -4.02. The Balaban J connectivity index is 2.12. The maximum absolute atomic E-state index is 11.8. The number of para-hydroxylation sites is 1. The van der Waals surface area contributed by atoms with Crippen LogP contribution in [0.5, 0.6) is 5.75 Å². The van der Waals surface area contributed by atoms with Gasteiger partial charge in [-0.25, -0.2) is 18.2 Å². The van der Waals surface area contributed by atoms with Gasteiger partial charge in [-0.15, -0.1) is 0 Å². The highest BCUT2D eigenvalue weighted by Crippen LogP contribution is 2.20. The third-order valence-corrected chi connectivity index (χ3v) is 4.28. The Morgan fingerprint density at radius 2 is 2.05 bits per heavy atom. The van der Waals surface area contributed by atoms with Gasteiger partial charge in [-0.3, -0.25) is 0 Å². The maximum Gasteiger partial charge on any atom is 0.349 e. The molecule has 1 heterocycles. The summed E-state index contributed by atoms with van der Waals surface area (Å²) in [4.78, 5) is 13.6. The fraction of sp³-hybridized carbons (Fsp3) is 0.167. The van der Waals surface area contributed by atoms with Crippen LogP contribution in [0.2, 0.25) is 0 Å². The van der Waals surface area contributed by atoms with Crippen molar-refractivity contribution in [2.45, 2.75) is 6.92 Å². The van der Waals surface area contributed by atoms with Crippen LogP contribution < -0.4 is 4.74 Å². The van der Waals surface area contributed by atoms with E-state index in [-0.39, 0.29) is 11.7 Å². The highest BCUT2D eigenvalue weighted by atomic mass is 32.2. The summed E-state index contributed by atoms with van der Waals surface area (Å²) in [5.41, 5.74) is 0.852. The van der Waals surface area contributed by atoms with Gasteiger partial charge in [0.1, 0.15) is 12.4 Å². The molecule has 1 aromatic rings. The largest absolute Gasteiger partial charge is 0.486 e. The van der Waals surface area contributed by atoms with Gasteiger partial charge in [0.05, 0.1) is 6.20 Å². The highest BCUT2D eigenvalue weighted by molar-refractivity contribution is 8.10. The quantitative estimate of drug-likeness (QED) is 0.892. The lowest BCUT2D eigenvalue weighted by Gasteiger charge is -2.08. The van der Waals surface area contributed by atoms with Crippen molar-refractivity contribution in [1.29, 1.82) is 0 Å². The van der Waals surface area contributed by atoms with Gasteiger partial charge < -0.3 is 9.84 Å². The summed E-state index contributed by atoms with van der Waals surface area (Å²) in [6, 6.07) is 7.11. The number of carbonyl (C=O) groups is 1. The number of hydrogen-bond donors (Lipinski definition) is 1. The van der Waals surface area contributed by atoms with E-state index in [1.807, 2.05) is 19.1 Å². The summed E-state index contributed by atoms with van der Waals surface area (Å²) in [6.07, 6.45) is 0.828. The first-order chi connectivity index (χ1) is 8.93. The van der Waals surface area contributed by atoms with Crippen molar-refractivity contribution >= 4 is 20.9 Å². The predicted octanol–water partition coefficient (Wildman–Crippen LogP) is 1.13. The number of carboxylic acids is 1. The van der Waals surface area contributed by atoms with Crippen LogP contribution in [0, 0.1) is 6.92 Å². The molecule has 2 rings (SSSR count). The summed E-state index contributed by atoms with van der Waals surface area (Å²) in [5, 5.41) is 8.44. The van der Waals surface area contributed by atoms with Gasteiger partial charge in [0, 0.05) is 0 Å². The lowest BCUT2D eigenvalue weighted by atomic mass is 10.2. The first-order valence-electron chi connectivity index (χ1n) is 5.36. The minimum atomic E-state index is -4.02. The summed E-state index contributed by atoms with van der Waals surface area (Å²) >= 11 is 0. The van der Waals surface area contributed by atoms with Gasteiger partial charge in [0.2, 0.25) is 9.84 Å². The van der Waals surface area contributed by atoms with E-state index < -0.39 is 20.7 Å². The SMILES string of the molecule is Cc1ccccc1OCC1=NC=C(C(=O)O)S1(=O)=O. The van der Waals surface area contributed by atoms with Crippen LogP contribution in [0.3, 0.4) is 0 Å². The van der Waals surface area contributed by atoms with Crippen molar-refractivity contribution in [3.63, 3.8) is 0 Å². The summed E-state index contributed by atoms with van der Waals surface area (Å²) in [6.45, 7) is 1.53. The van der Waals surface area contributed by atoms with Crippen LogP contribution in [0.15, 0.2) is 40.4 Å². The van der Waals surface area contributed by atoms with E-state index in [0.717, 1.165) is 11.8 Å². The molecule has 6 nitrogen and oxygen atoms in total. The zero-order chi connectivity index (χ0) is 14.0. The lowest BCUT2D eigenvalue weighted by Crippen LogP contribution is -2.23. The molecule has 0 atom stereocenters. The molecule has 1 aliphatic heterocycles. The highest BCUT2D eigenvalue weighted by Gasteiger charge is 2.34. The van der Waals surface area contributed by atoms with E-state index >= 15 is 0 Å². The van der Waals surface area contributed by atoms with Crippen molar-refractivity contribution < 1.29 is 23.1 Å². The van der Waals surface area contributed by atoms with Crippen LogP contribution in [-0.4, -0.2) is 31.1 Å². The standard InChI is InChI=1S/C12H11NO5S/c1-8-4-2-3-5-9(8)18-7-11-13-6-10(12(14)15)19(11,16)17/h2-6H,7H2,1H3,(H,14,15). The second-order valence-electron chi connectivity index (χ2n) is 3.88. The number of ether oxygens (including phenoxy) is 1.